The number of carbonyl (C=O) groups excluding carboxylic acids is 1. The van der Waals surface area contributed by atoms with E-state index in [1.165, 1.54) is 4.68 Å². The fraction of sp³-hybridized carbons (Fsp3) is 0.231. The molecule has 1 heterocycles. The molecular formula is C13H14N4O4. The normalized spacial score (nSPS) is 10.2. The van der Waals surface area contributed by atoms with E-state index in [4.69, 9.17) is 9.84 Å². The van der Waals surface area contributed by atoms with Gasteiger partial charge in [-0.1, -0.05) is 11.3 Å². The molecule has 0 saturated carbocycles. The number of nitrogens with zero attached hydrogens (tertiary/aromatic N) is 3. The van der Waals surface area contributed by atoms with E-state index >= 15 is 0 Å². The van der Waals surface area contributed by atoms with E-state index < -0.39 is 18.4 Å². The van der Waals surface area contributed by atoms with Crippen molar-refractivity contribution in [3.63, 3.8) is 0 Å². The average molecular weight is 290 g/mol. The standard InChI is InChI=1S/C13H14N4O4/c1-8-12(13(20)14-7-11(18)19)15-16-17(8)9-4-3-5-10(6-9)21-2/h3-6H,7H2,1-2H3,(H,14,20)(H,18,19). The van der Waals surface area contributed by atoms with Gasteiger partial charge in [0.25, 0.3) is 5.91 Å². The van der Waals surface area contributed by atoms with Crippen LogP contribution in [-0.4, -0.2) is 45.6 Å². The van der Waals surface area contributed by atoms with Crippen molar-refractivity contribution < 1.29 is 19.4 Å². The molecule has 21 heavy (non-hydrogen) atoms. The first-order chi connectivity index (χ1) is 10.0. The van der Waals surface area contributed by atoms with E-state index in [1.807, 2.05) is 0 Å². The van der Waals surface area contributed by atoms with Crippen LogP contribution in [0, 0.1) is 6.92 Å². The molecule has 2 aromatic rings. The first-order valence-corrected chi connectivity index (χ1v) is 6.09. The maximum Gasteiger partial charge on any atom is 0.322 e. The number of ether oxygens (including phenoxy) is 1. The van der Waals surface area contributed by atoms with Crippen LogP contribution in [0.4, 0.5) is 0 Å². The van der Waals surface area contributed by atoms with Crippen LogP contribution in [0.5, 0.6) is 5.75 Å². The maximum atomic E-state index is 11.8. The van der Waals surface area contributed by atoms with Crippen LogP contribution in [0.25, 0.3) is 5.69 Å². The van der Waals surface area contributed by atoms with Gasteiger partial charge >= 0.3 is 5.97 Å². The zero-order valence-corrected chi connectivity index (χ0v) is 11.5. The molecule has 0 aliphatic carbocycles. The molecular weight excluding hydrogens is 276 g/mol. The zero-order chi connectivity index (χ0) is 15.4. The number of rotatable bonds is 5. The highest BCUT2D eigenvalue weighted by molar-refractivity contribution is 5.94. The monoisotopic (exact) mass is 290 g/mol. The van der Waals surface area contributed by atoms with Crippen LogP contribution in [0.3, 0.4) is 0 Å². The second kappa shape index (κ2) is 6.04. The Labute approximate surface area is 120 Å². The molecule has 110 valence electrons. The minimum absolute atomic E-state index is 0.0825. The fourth-order valence-corrected chi connectivity index (χ4v) is 1.77. The van der Waals surface area contributed by atoms with Gasteiger partial charge in [0.1, 0.15) is 12.3 Å². The number of benzene rings is 1. The van der Waals surface area contributed by atoms with E-state index in [0.717, 1.165) is 0 Å². The van der Waals surface area contributed by atoms with Gasteiger partial charge in [-0.25, -0.2) is 4.68 Å². The molecule has 0 aliphatic rings. The lowest BCUT2D eigenvalue weighted by Crippen LogP contribution is -2.30. The predicted octanol–water partition coefficient (Wildman–Crippen LogP) is 0.399. The molecule has 1 aromatic heterocycles. The Balaban J connectivity index is 2.27. The van der Waals surface area contributed by atoms with Crippen molar-refractivity contribution in [2.75, 3.05) is 13.7 Å². The van der Waals surface area contributed by atoms with E-state index in [1.54, 1.807) is 38.3 Å². The van der Waals surface area contributed by atoms with Crippen molar-refractivity contribution in [3.05, 3.63) is 35.7 Å². The number of hydrogen-bond acceptors (Lipinski definition) is 5. The zero-order valence-electron chi connectivity index (χ0n) is 11.5. The Kier molecular flexibility index (Phi) is 4.17. The summed E-state index contributed by atoms with van der Waals surface area (Å²) in [5, 5.41) is 18.5. The Hall–Kier alpha value is -2.90. The van der Waals surface area contributed by atoms with E-state index in [2.05, 4.69) is 15.6 Å². The summed E-state index contributed by atoms with van der Waals surface area (Å²) in [6.45, 7) is 1.21. The van der Waals surface area contributed by atoms with Crippen molar-refractivity contribution in [1.29, 1.82) is 0 Å². The molecule has 0 aliphatic heterocycles. The molecule has 0 atom stereocenters. The van der Waals surface area contributed by atoms with Crippen molar-refractivity contribution in [1.82, 2.24) is 20.3 Å². The predicted molar refractivity (Wildman–Crippen MR) is 72.6 cm³/mol. The maximum absolute atomic E-state index is 11.8. The second-order valence-corrected chi connectivity index (χ2v) is 4.21. The summed E-state index contributed by atoms with van der Waals surface area (Å²) >= 11 is 0. The van der Waals surface area contributed by atoms with Gasteiger partial charge in [0.15, 0.2) is 5.69 Å². The van der Waals surface area contributed by atoms with E-state index in [9.17, 15) is 9.59 Å². The van der Waals surface area contributed by atoms with E-state index in [0.29, 0.717) is 17.1 Å². The van der Waals surface area contributed by atoms with Crippen LogP contribution in [-0.2, 0) is 4.79 Å². The highest BCUT2D eigenvalue weighted by Crippen LogP contribution is 2.17. The van der Waals surface area contributed by atoms with Gasteiger partial charge in [-0.15, -0.1) is 5.10 Å². The summed E-state index contributed by atoms with van der Waals surface area (Å²) < 4.78 is 6.61. The number of carboxylic acid groups (broad SMARTS) is 1. The summed E-state index contributed by atoms with van der Waals surface area (Å²) in [6.07, 6.45) is 0. The third kappa shape index (κ3) is 3.16. The summed E-state index contributed by atoms with van der Waals surface area (Å²) in [6, 6.07) is 7.12. The van der Waals surface area contributed by atoms with Crippen LogP contribution >= 0.6 is 0 Å². The molecule has 0 radical (unpaired) electrons. The highest BCUT2D eigenvalue weighted by atomic mass is 16.5. The first kappa shape index (κ1) is 14.5. The number of carboxylic acids is 1. The lowest BCUT2D eigenvalue weighted by Gasteiger charge is -2.06. The van der Waals surface area contributed by atoms with Gasteiger partial charge in [0.05, 0.1) is 18.5 Å². The van der Waals surface area contributed by atoms with Crippen molar-refractivity contribution in [2.45, 2.75) is 6.92 Å². The number of amides is 1. The first-order valence-electron chi connectivity index (χ1n) is 6.09. The van der Waals surface area contributed by atoms with Crippen LogP contribution in [0.1, 0.15) is 16.2 Å². The molecule has 0 fully saturated rings. The SMILES string of the molecule is COc1cccc(-n2nnc(C(=O)NCC(=O)O)c2C)c1. The third-order valence-electron chi connectivity index (χ3n) is 2.81. The van der Waals surface area contributed by atoms with E-state index in [-0.39, 0.29) is 5.69 Å². The summed E-state index contributed by atoms with van der Waals surface area (Å²) in [7, 11) is 1.55. The molecule has 0 saturated heterocycles. The summed E-state index contributed by atoms with van der Waals surface area (Å²) in [5.74, 6) is -1.05. The molecule has 0 spiro atoms. The molecule has 8 nitrogen and oxygen atoms in total. The van der Waals surface area contributed by atoms with Gasteiger partial charge in [-0.3, -0.25) is 9.59 Å². The highest BCUT2D eigenvalue weighted by Gasteiger charge is 2.17. The van der Waals surface area contributed by atoms with Gasteiger partial charge in [-0.2, -0.15) is 0 Å². The van der Waals surface area contributed by atoms with Crippen molar-refractivity contribution >= 4 is 11.9 Å². The number of aromatic nitrogens is 3. The van der Waals surface area contributed by atoms with Gasteiger partial charge in [-0.05, 0) is 19.1 Å². The van der Waals surface area contributed by atoms with Gasteiger partial charge < -0.3 is 15.2 Å². The molecule has 1 aromatic carbocycles. The molecule has 1 amide bonds. The molecule has 8 heteroatoms. The minimum Gasteiger partial charge on any atom is -0.497 e. The van der Waals surface area contributed by atoms with Crippen LogP contribution in [0.15, 0.2) is 24.3 Å². The van der Waals surface area contributed by atoms with Crippen molar-refractivity contribution in [2.24, 2.45) is 0 Å². The fourth-order valence-electron chi connectivity index (χ4n) is 1.77. The third-order valence-corrected chi connectivity index (χ3v) is 2.81. The number of methoxy groups -OCH3 is 1. The number of carbonyl (C=O) groups is 2. The Morgan fingerprint density at radius 2 is 2.19 bits per heavy atom. The van der Waals surface area contributed by atoms with Crippen LogP contribution < -0.4 is 10.1 Å². The largest absolute Gasteiger partial charge is 0.497 e. The smallest absolute Gasteiger partial charge is 0.322 e. The lowest BCUT2D eigenvalue weighted by atomic mass is 10.2. The summed E-state index contributed by atoms with van der Waals surface area (Å²) in [5.41, 5.74) is 1.28. The second-order valence-electron chi connectivity index (χ2n) is 4.21. The molecule has 2 N–H and O–H groups in total. The van der Waals surface area contributed by atoms with Gasteiger partial charge in [0.2, 0.25) is 0 Å². The number of nitrogens with one attached hydrogen (secondary N) is 1. The minimum atomic E-state index is -1.12. The topological polar surface area (TPSA) is 106 Å². The lowest BCUT2D eigenvalue weighted by molar-refractivity contribution is -0.135. The van der Waals surface area contributed by atoms with Gasteiger partial charge in [0, 0.05) is 6.07 Å². The molecule has 0 bridgehead atoms. The number of hydrogen-bond donors (Lipinski definition) is 2. The Morgan fingerprint density at radius 1 is 1.43 bits per heavy atom. The summed E-state index contributed by atoms with van der Waals surface area (Å²) in [4.78, 5) is 22.3. The van der Waals surface area contributed by atoms with Crippen molar-refractivity contribution in [3.8, 4) is 11.4 Å². The Morgan fingerprint density at radius 3 is 2.86 bits per heavy atom. The molecule has 0 unspecified atom stereocenters. The Bertz CT molecular complexity index is 681. The van der Waals surface area contributed by atoms with Crippen LogP contribution in [0.2, 0.25) is 0 Å². The number of aliphatic carboxylic acids is 1. The quantitative estimate of drug-likeness (QED) is 0.825. The average Bonchev–Trinajstić information content (AvgIpc) is 2.86. The molecule has 2 rings (SSSR count).